The van der Waals surface area contributed by atoms with E-state index in [0.717, 1.165) is 12.0 Å². The standard InChI is InChI=1S/C39H38O9/c1-19(2)5-8-22-13-28-34(48-39(22,3)4)18-31(45)36-30(44)17-32(47-38(28)36)26-15-27-33(16-29(26)43)46-37(20-6-9-23(40)10-7-20)35(27)21-11-24(41)14-25(42)12-21/h5-7,9-12,14-16,18,22,32,35,37,40-43,45H,8,13,17H2,1-4H3. The lowest BCUT2D eigenvalue weighted by atomic mass is 9.78. The first-order chi connectivity index (χ1) is 22.8. The summed E-state index contributed by atoms with van der Waals surface area (Å²) in [5.74, 6) is -0.185. The fraction of sp³-hybridized carbons (Fsp3) is 0.308. The Morgan fingerprint density at radius 2 is 1.48 bits per heavy atom. The summed E-state index contributed by atoms with van der Waals surface area (Å²) >= 11 is 0. The lowest BCUT2D eigenvalue weighted by Crippen LogP contribution is -2.42. The second-order valence-corrected chi connectivity index (χ2v) is 13.8. The molecule has 3 aliphatic rings. The van der Waals surface area contributed by atoms with Crippen molar-refractivity contribution in [2.75, 3.05) is 0 Å². The molecule has 3 heterocycles. The molecule has 3 aliphatic heterocycles. The fourth-order valence-corrected chi connectivity index (χ4v) is 7.23. The quantitative estimate of drug-likeness (QED) is 0.136. The van der Waals surface area contributed by atoms with Crippen molar-refractivity contribution in [1.29, 1.82) is 0 Å². The van der Waals surface area contributed by atoms with Crippen LogP contribution in [0.3, 0.4) is 0 Å². The average molecular weight is 651 g/mol. The number of rotatable bonds is 5. The predicted molar refractivity (Wildman–Crippen MR) is 178 cm³/mol. The normalized spacial score (nSPS) is 22.0. The first-order valence-electron chi connectivity index (χ1n) is 16.1. The third-order valence-corrected chi connectivity index (χ3v) is 9.75. The Kier molecular flexibility index (Phi) is 7.46. The molecule has 0 aromatic heterocycles. The molecule has 248 valence electrons. The van der Waals surface area contributed by atoms with Crippen LogP contribution in [0.2, 0.25) is 0 Å². The van der Waals surface area contributed by atoms with E-state index in [0.29, 0.717) is 40.2 Å². The van der Waals surface area contributed by atoms with Gasteiger partial charge in [0.1, 0.15) is 69.4 Å². The minimum Gasteiger partial charge on any atom is -0.508 e. The van der Waals surface area contributed by atoms with E-state index in [1.165, 1.54) is 23.8 Å². The second-order valence-electron chi connectivity index (χ2n) is 13.8. The Hall–Kier alpha value is -5.31. The summed E-state index contributed by atoms with van der Waals surface area (Å²) in [6.07, 6.45) is 1.85. The molecule has 48 heavy (non-hydrogen) atoms. The van der Waals surface area contributed by atoms with Crippen molar-refractivity contribution in [1.82, 2.24) is 0 Å². The van der Waals surface area contributed by atoms with Crippen molar-refractivity contribution in [3.05, 3.63) is 106 Å². The third-order valence-electron chi connectivity index (χ3n) is 9.75. The van der Waals surface area contributed by atoms with Crippen molar-refractivity contribution in [3.63, 3.8) is 0 Å². The van der Waals surface area contributed by atoms with Crippen molar-refractivity contribution in [3.8, 4) is 46.0 Å². The molecule has 7 rings (SSSR count). The van der Waals surface area contributed by atoms with Gasteiger partial charge >= 0.3 is 0 Å². The predicted octanol–water partition coefficient (Wildman–Crippen LogP) is 7.87. The summed E-state index contributed by atoms with van der Waals surface area (Å²) < 4.78 is 19.4. The Morgan fingerprint density at radius 3 is 2.17 bits per heavy atom. The Balaban J connectivity index is 1.31. The number of hydrogen-bond donors (Lipinski definition) is 5. The number of aromatic hydroxyl groups is 5. The summed E-state index contributed by atoms with van der Waals surface area (Å²) in [5.41, 5.74) is 3.77. The SMILES string of the molecule is CC(C)=CCC1Cc2c(cc(O)c3c2OC(c2cc4c(cc2O)OC(c2ccc(O)cc2)C4c2cc(O)cc(O)c2)CC3=O)OC1(C)C. The van der Waals surface area contributed by atoms with Crippen LogP contribution in [0.4, 0.5) is 0 Å². The van der Waals surface area contributed by atoms with E-state index in [-0.39, 0.29) is 58.2 Å². The highest BCUT2D eigenvalue weighted by atomic mass is 16.5. The first kappa shape index (κ1) is 31.3. The molecule has 4 unspecified atom stereocenters. The zero-order chi connectivity index (χ0) is 34.1. The average Bonchev–Trinajstić information content (AvgIpc) is 3.37. The summed E-state index contributed by atoms with van der Waals surface area (Å²) in [4.78, 5) is 13.7. The molecule has 0 bridgehead atoms. The minimum absolute atomic E-state index is 0.0782. The summed E-state index contributed by atoms with van der Waals surface area (Å²) in [6.45, 7) is 8.13. The van der Waals surface area contributed by atoms with Crippen LogP contribution < -0.4 is 14.2 Å². The van der Waals surface area contributed by atoms with E-state index in [9.17, 15) is 30.3 Å². The Morgan fingerprint density at radius 1 is 0.792 bits per heavy atom. The molecular weight excluding hydrogens is 612 g/mol. The van der Waals surface area contributed by atoms with E-state index in [1.54, 1.807) is 42.5 Å². The van der Waals surface area contributed by atoms with E-state index in [4.69, 9.17) is 14.2 Å². The van der Waals surface area contributed by atoms with Gasteiger partial charge in [0, 0.05) is 40.8 Å². The molecule has 0 amide bonds. The van der Waals surface area contributed by atoms with Crippen LogP contribution in [0.25, 0.3) is 0 Å². The van der Waals surface area contributed by atoms with Gasteiger partial charge in [-0.05, 0) is 82.0 Å². The third kappa shape index (κ3) is 5.43. The molecule has 0 radical (unpaired) electrons. The minimum atomic E-state index is -0.890. The zero-order valence-electron chi connectivity index (χ0n) is 27.2. The molecule has 0 saturated carbocycles. The smallest absolute Gasteiger partial charge is 0.174 e. The number of benzene rings is 4. The highest BCUT2D eigenvalue weighted by Gasteiger charge is 2.43. The highest BCUT2D eigenvalue weighted by Crippen LogP contribution is 2.55. The van der Waals surface area contributed by atoms with Crippen LogP contribution in [0, 0.1) is 5.92 Å². The molecule has 0 fully saturated rings. The summed E-state index contributed by atoms with van der Waals surface area (Å²) in [6, 6.07) is 15.6. The van der Waals surface area contributed by atoms with Gasteiger partial charge in [0.05, 0.1) is 12.3 Å². The van der Waals surface area contributed by atoms with Crippen LogP contribution in [0.1, 0.15) is 96.8 Å². The van der Waals surface area contributed by atoms with E-state index in [1.807, 2.05) is 27.7 Å². The van der Waals surface area contributed by atoms with Gasteiger partial charge in [-0.15, -0.1) is 0 Å². The number of fused-ring (bicyclic) bond motifs is 4. The van der Waals surface area contributed by atoms with Gasteiger partial charge in [-0.3, -0.25) is 4.79 Å². The van der Waals surface area contributed by atoms with E-state index >= 15 is 0 Å². The van der Waals surface area contributed by atoms with Gasteiger partial charge in [0.2, 0.25) is 0 Å². The summed E-state index contributed by atoms with van der Waals surface area (Å²) in [5, 5.41) is 53.0. The number of ether oxygens (including phenoxy) is 3. The molecule has 9 nitrogen and oxygen atoms in total. The lowest BCUT2D eigenvalue weighted by molar-refractivity contribution is 0.0255. The molecular formula is C39H38O9. The Bertz CT molecular complexity index is 1950. The Labute approximate surface area is 278 Å². The fourth-order valence-electron chi connectivity index (χ4n) is 7.23. The molecule has 5 N–H and O–H groups in total. The van der Waals surface area contributed by atoms with Gasteiger partial charge < -0.3 is 39.7 Å². The van der Waals surface area contributed by atoms with Crippen LogP contribution in [0.5, 0.6) is 46.0 Å². The van der Waals surface area contributed by atoms with Gasteiger partial charge in [-0.1, -0.05) is 23.8 Å². The molecule has 9 heteroatoms. The molecule has 0 saturated heterocycles. The van der Waals surface area contributed by atoms with Crippen molar-refractivity contribution in [2.24, 2.45) is 5.92 Å². The van der Waals surface area contributed by atoms with E-state index < -0.39 is 23.7 Å². The van der Waals surface area contributed by atoms with Gasteiger partial charge in [-0.25, -0.2) is 0 Å². The van der Waals surface area contributed by atoms with Crippen LogP contribution in [-0.4, -0.2) is 36.9 Å². The number of hydrogen-bond acceptors (Lipinski definition) is 9. The largest absolute Gasteiger partial charge is 0.508 e. The highest BCUT2D eigenvalue weighted by molar-refractivity contribution is 6.03. The number of ketones is 1. The van der Waals surface area contributed by atoms with E-state index in [2.05, 4.69) is 6.08 Å². The van der Waals surface area contributed by atoms with Crippen LogP contribution in [0.15, 0.2) is 72.3 Å². The maximum atomic E-state index is 13.7. The van der Waals surface area contributed by atoms with Crippen molar-refractivity contribution >= 4 is 5.78 Å². The first-order valence-corrected chi connectivity index (χ1v) is 16.1. The number of Topliss-reactive ketones (excluding diaryl/α,β-unsaturated/α-hetero) is 1. The van der Waals surface area contributed by atoms with Crippen LogP contribution in [-0.2, 0) is 6.42 Å². The molecule has 4 aromatic carbocycles. The maximum absolute atomic E-state index is 13.7. The van der Waals surface area contributed by atoms with Gasteiger partial charge in [0.15, 0.2) is 5.78 Å². The van der Waals surface area contributed by atoms with Crippen molar-refractivity contribution in [2.45, 2.75) is 70.7 Å². The van der Waals surface area contributed by atoms with Gasteiger partial charge in [0.25, 0.3) is 0 Å². The molecule has 0 spiro atoms. The monoisotopic (exact) mass is 650 g/mol. The van der Waals surface area contributed by atoms with Gasteiger partial charge in [-0.2, -0.15) is 0 Å². The molecule has 4 aromatic rings. The number of phenolic OH excluding ortho intramolecular Hbond substituents is 5. The van der Waals surface area contributed by atoms with Crippen LogP contribution >= 0.6 is 0 Å². The maximum Gasteiger partial charge on any atom is 0.174 e. The molecule has 4 atom stereocenters. The second kappa shape index (κ2) is 11.4. The zero-order valence-corrected chi connectivity index (χ0v) is 27.2. The number of phenols is 5. The molecule has 0 aliphatic carbocycles. The summed E-state index contributed by atoms with van der Waals surface area (Å²) in [7, 11) is 0. The number of carbonyl (C=O) groups excluding carboxylic acids is 1. The lowest BCUT2D eigenvalue weighted by Gasteiger charge is -2.41. The number of carbonyl (C=O) groups is 1. The van der Waals surface area contributed by atoms with Crippen molar-refractivity contribution < 1.29 is 44.5 Å². The number of allylic oxidation sites excluding steroid dienone is 2. The topological polar surface area (TPSA) is 146 Å².